The van der Waals surface area contributed by atoms with Crippen molar-refractivity contribution in [3.8, 4) is 5.75 Å². The third-order valence-electron chi connectivity index (χ3n) is 5.15. The fourth-order valence-electron chi connectivity index (χ4n) is 3.34. The summed E-state index contributed by atoms with van der Waals surface area (Å²) in [6.07, 6.45) is 0.209. The van der Waals surface area contributed by atoms with Crippen LogP contribution in [0.3, 0.4) is 0 Å². The van der Waals surface area contributed by atoms with Gasteiger partial charge < -0.3 is 15.0 Å². The number of rotatable bonds is 3. The maximum absolute atomic E-state index is 12.7. The summed E-state index contributed by atoms with van der Waals surface area (Å²) in [6, 6.07) is 5.30. The van der Waals surface area contributed by atoms with E-state index in [4.69, 9.17) is 4.74 Å². The smallest absolute Gasteiger partial charge is 0.322 e. The maximum atomic E-state index is 12.7. The van der Waals surface area contributed by atoms with Gasteiger partial charge in [0.1, 0.15) is 11.3 Å². The van der Waals surface area contributed by atoms with Crippen molar-refractivity contribution in [2.45, 2.75) is 45.3 Å². The highest BCUT2D eigenvalue weighted by Gasteiger charge is 2.48. The summed E-state index contributed by atoms with van der Waals surface area (Å²) in [5, 5.41) is 4.96. The average Bonchev–Trinajstić information content (AvgIpc) is 2.85. The summed E-state index contributed by atoms with van der Waals surface area (Å²) < 4.78 is 5.86. The Bertz CT molecular complexity index is 723. The molecule has 3 rings (SSSR count). The Labute approximate surface area is 146 Å². The minimum absolute atomic E-state index is 0.111. The summed E-state index contributed by atoms with van der Waals surface area (Å²) in [5.74, 6) is 0.293. The van der Waals surface area contributed by atoms with Crippen LogP contribution in [0, 0.1) is 13.8 Å². The van der Waals surface area contributed by atoms with Crippen molar-refractivity contribution in [2.24, 2.45) is 0 Å². The minimum atomic E-state index is -0.870. The molecule has 1 aromatic rings. The molecule has 0 aliphatic carbocycles. The number of ether oxygens (including phenoxy) is 1. The first-order valence-electron chi connectivity index (χ1n) is 8.48. The molecule has 0 radical (unpaired) electrons. The number of aryl methyl sites for hydroxylation is 1. The fourth-order valence-corrected chi connectivity index (χ4v) is 3.34. The molecule has 2 fully saturated rings. The van der Waals surface area contributed by atoms with Gasteiger partial charge in [-0.25, -0.2) is 4.79 Å². The van der Waals surface area contributed by atoms with Crippen molar-refractivity contribution >= 4 is 17.8 Å². The Hall–Kier alpha value is -2.57. The standard InChI is InChI=1S/C18H23N3O4/c1-11-5-4-6-14(12(11)2)25-13(3)15(22)21-9-7-18(8-10-21)16(23)19-17(24)20-18/h4-6,13H,7-10H2,1-3H3,(H2,19,20,23,24)/t13-/m0/s1. The quantitative estimate of drug-likeness (QED) is 0.808. The first-order valence-corrected chi connectivity index (χ1v) is 8.48. The monoisotopic (exact) mass is 345 g/mol. The first-order chi connectivity index (χ1) is 11.8. The zero-order valence-corrected chi connectivity index (χ0v) is 14.7. The Morgan fingerprint density at radius 2 is 1.92 bits per heavy atom. The second-order valence-electron chi connectivity index (χ2n) is 6.77. The predicted octanol–water partition coefficient (Wildman–Crippen LogP) is 1.27. The molecule has 0 bridgehead atoms. The molecular formula is C18H23N3O4. The van der Waals surface area contributed by atoms with Gasteiger partial charge >= 0.3 is 6.03 Å². The highest BCUT2D eigenvalue weighted by molar-refractivity contribution is 6.07. The van der Waals surface area contributed by atoms with Crippen molar-refractivity contribution in [3.63, 3.8) is 0 Å². The van der Waals surface area contributed by atoms with Gasteiger partial charge in [-0.15, -0.1) is 0 Å². The van der Waals surface area contributed by atoms with Crippen LogP contribution in [0.25, 0.3) is 0 Å². The van der Waals surface area contributed by atoms with Gasteiger partial charge in [0.05, 0.1) is 0 Å². The Morgan fingerprint density at radius 1 is 1.24 bits per heavy atom. The van der Waals surface area contributed by atoms with E-state index < -0.39 is 17.7 Å². The lowest BCUT2D eigenvalue weighted by Crippen LogP contribution is -2.57. The highest BCUT2D eigenvalue weighted by atomic mass is 16.5. The van der Waals surface area contributed by atoms with Gasteiger partial charge in [-0.3, -0.25) is 14.9 Å². The fraction of sp³-hybridized carbons (Fsp3) is 0.500. The molecule has 4 amide bonds. The van der Waals surface area contributed by atoms with Crippen LogP contribution >= 0.6 is 0 Å². The number of hydrogen-bond acceptors (Lipinski definition) is 4. The van der Waals surface area contributed by atoms with Crippen molar-refractivity contribution in [1.82, 2.24) is 15.5 Å². The van der Waals surface area contributed by atoms with E-state index in [2.05, 4.69) is 10.6 Å². The topological polar surface area (TPSA) is 87.7 Å². The van der Waals surface area contributed by atoms with Gasteiger partial charge in [0, 0.05) is 13.1 Å². The van der Waals surface area contributed by atoms with Crippen LogP contribution in [0.15, 0.2) is 18.2 Å². The molecule has 2 aliphatic heterocycles. The Morgan fingerprint density at radius 3 is 2.52 bits per heavy atom. The average molecular weight is 345 g/mol. The molecule has 2 aliphatic rings. The van der Waals surface area contributed by atoms with E-state index in [1.807, 2.05) is 32.0 Å². The number of nitrogens with zero attached hydrogens (tertiary/aromatic N) is 1. The lowest BCUT2D eigenvalue weighted by Gasteiger charge is -2.37. The number of nitrogens with one attached hydrogen (secondary N) is 2. The van der Waals surface area contributed by atoms with E-state index in [1.165, 1.54) is 0 Å². The van der Waals surface area contributed by atoms with Gasteiger partial charge in [-0.05, 0) is 50.8 Å². The largest absolute Gasteiger partial charge is 0.481 e. The van der Waals surface area contributed by atoms with E-state index >= 15 is 0 Å². The maximum Gasteiger partial charge on any atom is 0.322 e. The van der Waals surface area contributed by atoms with Crippen molar-refractivity contribution < 1.29 is 19.1 Å². The Kier molecular flexibility index (Phi) is 4.41. The number of amides is 4. The van der Waals surface area contributed by atoms with Crippen LogP contribution in [0.2, 0.25) is 0 Å². The van der Waals surface area contributed by atoms with Gasteiger partial charge in [-0.1, -0.05) is 12.1 Å². The number of urea groups is 1. The SMILES string of the molecule is Cc1cccc(O[C@@H](C)C(=O)N2CCC3(CC2)NC(=O)NC3=O)c1C. The molecule has 7 heteroatoms. The lowest BCUT2D eigenvalue weighted by molar-refractivity contribution is -0.141. The molecule has 7 nitrogen and oxygen atoms in total. The van der Waals surface area contributed by atoms with Crippen molar-refractivity contribution in [3.05, 3.63) is 29.3 Å². The van der Waals surface area contributed by atoms with E-state index in [-0.39, 0.29) is 11.8 Å². The second-order valence-corrected chi connectivity index (χ2v) is 6.77. The van der Waals surface area contributed by atoms with Crippen LogP contribution in [0.5, 0.6) is 5.75 Å². The molecule has 1 spiro atoms. The summed E-state index contributed by atoms with van der Waals surface area (Å²) in [4.78, 5) is 37.7. The number of carbonyl (C=O) groups is 3. The molecule has 0 saturated carbocycles. The van der Waals surface area contributed by atoms with Crippen molar-refractivity contribution in [2.75, 3.05) is 13.1 Å². The second kappa shape index (κ2) is 6.38. The molecule has 0 aromatic heterocycles. The molecule has 1 aromatic carbocycles. The summed E-state index contributed by atoms with van der Waals surface area (Å²) in [6.45, 7) is 6.52. The van der Waals surface area contributed by atoms with Gasteiger partial charge in [0.25, 0.3) is 11.8 Å². The number of carbonyl (C=O) groups excluding carboxylic acids is 3. The molecule has 25 heavy (non-hydrogen) atoms. The van der Waals surface area contributed by atoms with Crippen LogP contribution in [-0.2, 0) is 9.59 Å². The number of hydrogen-bond donors (Lipinski definition) is 2. The molecule has 0 unspecified atom stereocenters. The van der Waals surface area contributed by atoms with E-state index in [9.17, 15) is 14.4 Å². The predicted molar refractivity (Wildman–Crippen MR) is 91.2 cm³/mol. The van der Waals surface area contributed by atoms with Crippen LogP contribution in [0.4, 0.5) is 4.79 Å². The molecule has 2 N–H and O–H groups in total. The Balaban J connectivity index is 1.61. The van der Waals surface area contributed by atoms with Crippen LogP contribution in [0.1, 0.15) is 30.9 Å². The lowest BCUT2D eigenvalue weighted by atomic mass is 9.87. The summed E-state index contributed by atoms with van der Waals surface area (Å²) in [5.41, 5.74) is 1.26. The first kappa shape index (κ1) is 17.3. The third kappa shape index (κ3) is 3.18. The molecule has 2 saturated heterocycles. The summed E-state index contributed by atoms with van der Waals surface area (Å²) >= 11 is 0. The highest BCUT2D eigenvalue weighted by Crippen LogP contribution is 2.27. The molecular weight excluding hydrogens is 322 g/mol. The number of piperidine rings is 1. The zero-order valence-electron chi connectivity index (χ0n) is 14.7. The number of likely N-dealkylation sites (tertiary alicyclic amines) is 1. The van der Waals surface area contributed by atoms with Gasteiger partial charge in [0.2, 0.25) is 0 Å². The summed E-state index contributed by atoms with van der Waals surface area (Å²) in [7, 11) is 0. The molecule has 134 valence electrons. The van der Waals surface area contributed by atoms with Gasteiger partial charge in [0.15, 0.2) is 6.10 Å². The zero-order chi connectivity index (χ0) is 18.2. The number of imide groups is 1. The van der Waals surface area contributed by atoms with Gasteiger partial charge in [-0.2, -0.15) is 0 Å². The minimum Gasteiger partial charge on any atom is -0.481 e. The van der Waals surface area contributed by atoms with Crippen LogP contribution in [-0.4, -0.2) is 47.5 Å². The van der Waals surface area contributed by atoms with E-state index in [0.29, 0.717) is 31.7 Å². The number of benzene rings is 1. The van der Waals surface area contributed by atoms with Crippen LogP contribution < -0.4 is 15.4 Å². The van der Waals surface area contributed by atoms with Crippen molar-refractivity contribution in [1.29, 1.82) is 0 Å². The normalized spacial score (nSPS) is 20.2. The van der Waals surface area contributed by atoms with E-state index in [1.54, 1.807) is 11.8 Å². The molecule has 1 atom stereocenters. The van der Waals surface area contributed by atoms with E-state index in [0.717, 1.165) is 11.1 Å². The molecule has 2 heterocycles. The third-order valence-corrected chi connectivity index (χ3v) is 5.15.